The molecule has 1 heterocycles. The average molecular weight is 589 g/mol. The maximum Gasteiger partial charge on any atom is 0.238 e. The molecule has 0 aliphatic carbocycles. The van der Waals surface area contributed by atoms with Crippen LogP contribution in [0.5, 0.6) is 11.5 Å². The van der Waals surface area contributed by atoms with Crippen LogP contribution < -0.4 is 14.8 Å². The highest BCUT2D eigenvalue weighted by Gasteiger charge is 2.21. The van der Waals surface area contributed by atoms with Crippen molar-refractivity contribution in [3.8, 4) is 11.5 Å². The molecule has 3 rings (SSSR count). The zero-order valence-electron chi connectivity index (χ0n) is 19.5. The van der Waals surface area contributed by atoms with Gasteiger partial charge < -0.3 is 19.9 Å². The van der Waals surface area contributed by atoms with Gasteiger partial charge in [0.1, 0.15) is 12.7 Å². The molecule has 1 saturated heterocycles. The van der Waals surface area contributed by atoms with Gasteiger partial charge in [-0.3, -0.25) is 14.6 Å². The quantitative estimate of drug-likeness (QED) is 0.467. The molecule has 0 radical (unpaired) electrons. The van der Waals surface area contributed by atoms with Gasteiger partial charge in [-0.2, -0.15) is 0 Å². The Labute approximate surface area is 217 Å². The lowest BCUT2D eigenvalue weighted by atomic mass is 10.1. The molecule has 33 heavy (non-hydrogen) atoms. The maximum atomic E-state index is 12.5. The fourth-order valence-electron chi connectivity index (χ4n) is 3.80. The molecule has 7 nitrogen and oxygen atoms in total. The normalized spacial score (nSPS) is 15.0. The van der Waals surface area contributed by atoms with E-state index in [0.29, 0.717) is 24.6 Å². The van der Waals surface area contributed by atoms with E-state index in [9.17, 15) is 9.90 Å². The highest BCUT2D eigenvalue weighted by molar-refractivity contribution is 8.93. The van der Waals surface area contributed by atoms with Gasteiger partial charge in [0.05, 0.1) is 13.7 Å². The van der Waals surface area contributed by atoms with E-state index >= 15 is 0 Å². The molecule has 1 aliphatic heterocycles. The number of aliphatic hydroxyl groups is 1. The molecule has 1 fully saturated rings. The van der Waals surface area contributed by atoms with Crippen LogP contribution in [0.25, 0.3) is 0 Å². The monoisotopic (exact) mass is 587 g/mol. The number of carbonyl (C=O) groups excluding carboxylic acids is 1. The fourth-order valence-corrected chi connectivity index (χ4v) is 3.80. The van der Waals surface area contributed by atoms with Crippen LogP contribution >= 0.6 is 34.0 Å². The van der Waals surface area contributed by atoms with Gasteiger partial charge in [-0.1, -0.05) is 30.3 Å². The number of nitrogens with one attached hydrogen (secondary N) is 1. The number of hydrogen-bond acceptors (Lipinski definition) is 6. The summed E-state index contributed by atoms with van der Waals surface area (Å²) in [6.07, 6.45) is -0.594. The summed E-state index contributed by atoms with van der Waals surface area (Å²) in [7, 11) is 1.60. The number of anilines is 1. The molecule has 9 heteroatoms. The standard InChI is InChI=1S/C24H33N3O4.2BrH/c1-18-7-6-8-19(2)24(18)25-23(29)16-27-13-11-26(12-14-27)15-20(28)17-31-22-10-5-4-9-21(22)30-3;;/h4-10,20,28H,11-17H2,1-3H3,(H,25,29);2*1H. The van der Waals surface area contributed by atoms with Crippen molar-refractivity contribution in [1.82, 2.24) is 9.80 Å². The van der Waals surface area contributed by atoms with Crippen molar-refractivity contribution < 1.29 is 19.4 Å². The van der Waals surface area contributed by atoms with Crippen LogP contribution in [0.1, 0.15) is 11.1 Å². The first-order valence-corrected chi connectivity index (χ1v) is 10.7. The highest BCUT2D eigenvalue weighted by atomic mass is 79.9. The van der Waals surface area contributed by atoms with Crippen molar-refractivity contribution in [1.29, 1.82) is 0 Å². The molecule has 0 spiro atoms. The van der Waals surface area contributed by atoms with E-state index in [1.165, 1.54) is 0 Å². The Morgan fingerprint density at radius 1 is 0.970 bits per heavy atom. The summed E-state index contributed by atoms with van der Waals surface area (Å²) in [6.45, 7) is 8.33. The van der Waals surface area contributed by atoms with E-state index in [1.54, 1.807) is 7.11 Å². The summed E-state index contributed by atoms with van der Waals surface area (Å²) in [5, 5.41) is 13.4. The Balaban J connectivity index is 0.00000272. The first-order valence-electron chi connectivity index (χ1n) is 10.7. The van der Waals surface area contributed by atoms with Crippen LogP contribution in [0.4, 0.5) is 5.69 Å². The molecule has 0 aromatic heterocycles. The van der Waals surface area contributed by atoms with Crippen LogP contribution in [0.15, 0.2) is 42.5 Å². The zero-order valence-corrected chi connectivity index (χ0v) is 22.9. The van der Waals surface area contributed by atoms with Crippen LogP contribution in [0, 0.1) is 13.8 Å². The maximum absolute atomic E-state index is 12.5. The minimum atomic E-state index is -0.594. The fraction of sp³-hybridized carbons (Fsp3) is 0.458. The molecule has 0 bridgehead atoms. The van der Waals surface area contributed by atoms with E-state index < -0.39 is 6.10 Å². The first-order chi connectivity index (χ1) is 15.0. The smallest absolute Gasteiger partial charge is 0.238 e. The minimum absolute atomic E-state index is 0. The number of β-amino-alcohol motifs (C(OH)–C–C–N with tert-alkyl or cyclic N) is 1. The lowest BCUT2D eigenvalue weighted by Gasteiger charge is -2.35. The van der Waals surface area contributed by atoms with Gasteiger partial charge >= 0.3 is 0 Å². The number of methoxy groups -OCH3 is 1. The minimum Gasteiger partial charge on any atom is -0.493 e. The summed E-state index contributed by atoms with van der Waals surface area (Å²) < 4.78 is 11.0. The average Bonchev–Trinajstić information content (AvgIpc) is 2.76. The number of piperazine rings is 1. The van der Waals surface area contributed by atoms with Crippen molar-refractivity contribution in [2.45, 2.75) is 20.0 Å². The molecule has 2 N–H and O–H groups in total. The molecule has 2 aromatic carbocycles. The topological polar surface area (TPSA) is 74.3 Å². The number of aliphatic hydroxyl groups excluding tert-OH is 1. The number of amides is 1. The first kappa shape index (κ1) is 29.4. The Hall–Kier alpha value is -1.65. The summed E-state index contributed by atoms with van der Waals surface area (Å²) in [5.41, 5.74) is 3.05. The summed E-state index contributed by atoms with van der Waals surface area (Å²) in [6, 6.07) is 13.4. The van der Waals surface area contributed by atoms with E-state index in [4.69, 9.17) is 9.47 Å². The highest BCUT2D eigenvalue weighted by Crippen LogP contribution is 2.25. The molecule has 1 amide bonds. The molecule has 184 valence electrons. The molecule has 1 unspecified atom stereocenters. The third-order valence-electron chi connectivity index (χ3n) is 5.55. The second-order valence-electron chi connectivity index (χ2n) is 8.01. The Kier molecular flexibility index (Phi) is 13.0. The van der Waals surface area contributed by atoms with Crippen molar-refractivity contribution in [3.05, 3.63) is 53.6 Å². The van der Waals surface area contributed by atoms with Crippen molar-refractivity contribution in [2.24, 2.45) is 0 Å². The SMILES string of the molecule is Br.Br.COc1ccccc1OCC(O)CN1CCN(CC(=O)Nc2c(C)cccc2C)CC1. The van der Waals surface area contributed by atoms with Gasteiger partial charge in [0.2, 0.25) is 5.91 Å². The summed E-state index contributed by atoms with van der Waals surface area (Å²) >= 11 is 0. The number of hydrogen-bond donors (Lipinski definition) is 2. The van der Waals surface area contributed by atoms with Crippen LogP contribution in [-0.2, 0) is 4.79 Å². The third-order valence-corrected chi connectivity index (χ3v) is 5.55. The molecule has 2 aromatic rings. The number of carbonyl (C=O) groups is 1. The van der Waals surface area contributed by atoms with Crippen LogP contribution in [0.3, 0.4) is 0 Å². The summed E-state index contributed by atoms with van der Waals surface area (Å²) in [4.78, 5) is 16.8. The lowest BCUT2D eigenvalue weighted by molar-refractivity contribution is -0.117. The Bertz CT molecular complexity index is 856. The Morgan fingerprint density at radius 2 is 1.55 bits per heavy atom. The van der Waals surface area contributed by atoms with Crippen molar-refractivity contribution >= 4 is 45.6 Å². The second kappa shape index (κ2) is 14.6. The van der Waals surface area contributed by atoms with Gasteiger partial charge in [0, 0.05) is 38.4 Å². The van der Waals surface area contributed by atoms with E-state index in [0.717, 1.165) is 43.0 Å². The predicted octanol–water partition coefficient (Wildman–Crippen LogP) is 3.46. The number of ether oxygens (including phenoxy) is 2. The number of nitrogens with zero attached hydrogens (tertiary/aromatic N) is 2. The van der Waals surface area contributed by atoms with Gasteiger partial charge in [0.15, 0.2) is 11.5 Å². The number of aryl methyl sites for hydroxylation is 2. The van der Waals surface area contributed by atoms with Gasteiger partial charge in [0.25, 0.3) is 0 Å². The van der Waals surface area contributed by atoms with E-state index in [-0.39, 0.29) is 46.5 Å². The van der Waals surface area contributed by atoms with E-state index in [2.05, 4.69) is 15.1 Å². The summed E-state index contributed by atoms with van der Waals surface area (Å²) in [5.74, 6) is 1.29. The van der Waals surface area contributed by atoms with Gasteiger partial charge in [-0.15, -0.1) is 34.0 Å². The van der Waals surface area contributed by atoms with E-state index in [1.807, 2.05) is 56.3 Å². The van der Waals surface area contributed by atoms with Crippen LogP contribution in [0.2, 0.25) is 0 Å². The number of halogens is 2. The molecule has 1 atom stereocenters. The van der Waals surface area contributed by atoms with Crippen LogP contribution in [-0.4, -0.2) is 79.9 Å². The number of benzene rings is 2. The number of rotatable bonds is 9. The third kappa shape index (κ3) is 8.90. The molecular formula is C24H35Br2N3O4. The van der Waals surface area contributed by atoms with Gasteiger partial charge in [-0.05, 0) is 37.1 Å². The number of para-hydroxylation sites is 3. The predicted molar refractivity (Wildman–Crippen MR) is 143 cm³/mol. The second-order valence-corrected chi connectivity index (χ2v) is 8.01. The van der Waals surface area contributed by atoms with Crippen molar-refractivity contribution in [2.75, 3.05) is 58.3 Å². The largest absolute Gasteiger partial charge is 0.493 e. The molecular weight excluding hydrogens is 554 g/mol. The lowest BCUT2D eigenvalue weighted by Crippen LogP contribution is -2.50. The molecule has 0 saturated carbocycles. The Morgan fingerprint density at radius 3 is 2.15 bits per heavy atom. The van der Waals surface area contributed by atoms with Gasteiger partial charge in [-0.25, -0.2) is 0 Å². The van der Waals surface area contributed by atoms with Crippen molar-refractivity contribution in [3.63, 3.8) is 0 Å². The molecule has 1 aliphatic rings. The zero-order chi connectivity index (χ0) is 22.2.